The van der Waals surface area contributed by atoms with Crippen molar-refractivity contribution in [3.8, 4) is 5.95 Å². The maximum Gasteiger partial charge on any atom is 0.354 e. The van der Waals surface area contributed by atoms with Crippen LogP contribution >= 0.6 is 0 Å². The van der Waals surface area contributed by atoms with Crippen molar-refractivity contribution in [1.82, 2.24) is 4.98 Å². The maximum absolute atomic E-state index is 11.1. The number of esters is 1. The third kappa shape index (κ3) is 1.22. The molecule has 0 aliphatic heterocycles. The summed E-state index contributed by atoms with van der Waals surface area (Å²) in [5, 5.41) is 0. The normalized spacial score (nSPS) is 10.4. The molecule has 2 aromatic heterocycles. The second kappa shape index (κ2) is 3.10. The highest BCUT2D eigenvalue weighted by Crippen LogP contribution is 2.25. The van der Waals surface area contributed by atoms with Crippen molar-refractivity contribution in [3.63, 3.8) is 0 Å². The third-order valence-electron chi connectivity index (χ3n) is 1.89. The molecule has 0 unspecified atom stereocenters. The Morgan fingerprint density at radius 2 is 2.21 bits per heavy atom. The van der Waals surface area contributed by atoms with Gasteiger partial charge in [-0.15, -0.1) is 0 Å². The minimum absolute atomic E-state index is 0.365. The summed E-state index contributed by atoms with van der Waals surface area (Å²) in [6, 6.07) is 3.24. The maximum atomic E-state index is 11.1. The van der Waals surface area contributed by atoms with E-state index in [2.05, 4.69) is 9.72 Å². The van der Waals surface area contributed by atoms with Gasteiger partial charge < -0.3 is 18.9 Å². The molecule has 1 N–H and O–H groups in total. The molecule has 0 aliphatic rings. The predicted octanol–water partition coefficient (Wildman–Crippen LogP) is 1.56. The van der Waals surface area contributed by atoms with Gasteiger partial charge in [-0.3, -0.25) is 0 Å². The summed E-state index contributed by atoms with van der Waals surface area (Å²) in [6.07, 6.45) is 0. The zero-order chi connectivity index (χ0) is 10.1. The first-order chi connectivity index (χ1) is 6.74. The van der Waals surface area contributed by atoms with Gasteiger partial charge in [-0.25, -0.2) is 4.79 Å². The van der Waals surface area contributed by atoms with Crippen LogP contribution in [-0.4, -0.2) is 25.2 Å². The van der Waals surface area contributed by atoms with Crippen molar-refractivity contribution in [1.29, 1.82) is 0 Å². The van der Waals surface area contributed by atoms with Gasteiger partial charge in [0.05, 0.1) is 19.7 Å². The zero-order valence-corrected chi connectivity index (χ0v) is 7.79. The molecule has 0 saturated carbocycles. The van der Waals surface area contributed by atoms with Crippen LogP contribution in [0.1, 0.15) is 10.5 Å². The molecule has 2 rings (SSSR count). The Kier molecular flexibility index (Phi) is 1.92. The fraction of sp³-hybridized carbons (Fsp3) is 0.222. The second-order valence-electron chi connectivity index (χ2n) is 2.72. The molecule has 74 valence electrons. The summed E-state index contributed by atoms with van der Waals surface area (Å²) in [5.41, 5.74) is 1.65. The molecule has 2 aromatic rings. The third-order valence-corrected chi connectivity index (χ3v) is 1.89. The average Bonchev–Trinajstić information content (AvgIpc) is 2.72. The Labute approximate surface area is 79.6 Å². The largest absolute Gasteiger partial charge is 0.468 e. The Morgan fingerprint density at radius 3 is 2.79 bits per heavy atom. The molecule has 0 bridgehead atoms. The summed E-state index contributed by atoms with van der Waals surface area (Å²) in [6.45, 7) is 0. The van der Waals surface area contributed by atoms with Crippen molar-refractivity contribution >= 4 is 17.1 Å². The van der Waals surface area contributed by atoms with E-state index in [0.29, 0.717) is 22.7 Å². The molecule has 5 nitrogen and oxygen atoms in total. The number of furan rings is 1. The highest BCUT2D eigenvalue weighted by Gasteiger charge is 2.13. The number of aromatic amines is 1. The second-order valence-corrected chi connectivity index (χ2v) is 2.72. The molecule has 14 heavy (non-hydrogen) atoms. The van der Waals surface area contributed by atoms with Crippen molar-refractivity contribution in [3.05, 3.63) is 17.8 Å². The number of nitrogens with one attached hydrogen (secondary N) is 1. The molecule has 0 aliphatic carbocycles. The number of fused-ring (bicyclic) bond motifs is 1. The lowest BCUT2D eigenvalue weighted by molar-refractivity contribution is 0.0595. The molecule has 0 fully saturated rings. The minimum Gasteiger partial charge on any atom is -0.468 e. The van der Waals surface area contributed by atoms with E-state index in [0.717, 1.165) is 0 Å². The number of hydrogen-bond donors (Lipinski definition) is 1. The van der Waals surface area contributed by atoms with Crippen LogP contribution < -0.4 is 4.74 Å². The summed E-state index contributed by atoms with van der Waals surface area (Å²) < 4.78 is 14.7. The fourth-order valence-electron chi connectivity index (χ4n) is 1.22. The van der Waals surface area contributed by atoms with Crippen molar-refractivity contribution in [2.75, 3.05) is 14.2 Å². The van der Waals surface area contributed by atoms with Gasteiger partial charge in [-0.05, 0) is 0 Å². The van der Waals surface area contributed by atoms with E-state index in [1.165, 1.54) is 14.2 Å². The molecular weight excluding hydrogens is 186 g/mol. The number of H-pyrrole nitrogens is 1. The first kappa shape index (κ1) is 8.68. The van der Waals surface area contributed by atoms with Gasteiger partial charge in [0.1, 0.15) is 5.69 Å². The number of hydrogen-bond acceptors (Lipinski definition) is 4. The van der Waals surface area contributed by atoms with E-state index in [-0.39, 0.29) is 0 Å². The van der Waals surface area contributed by atoms with Crippen molar-refractivity contribution in [2.24, 2.45) is 0 Å². The standard InChI is InChI=1S/C9H9NO4/c1-12-8-4-5-7(14-8)3-6(10-5)9(11)13-2/h3-4,10H,1-2H3. The topological polar surface area (TPSA) is 64.5 Å². The molecule has 0 spiro atoms. The molecule has 0 radical (unpaired) electrons. The van der Waals surface area contributed by atoms with E-state index in [9.17, 15) is 4.79 Å². The number of rotatable bonds is 2. The highest BCUT2D eigenvalue weighted by molar-refractivity contribution is 5.93. The number of carbonyl (C=O) groups is 1. The van der Waals surface area contributed by atoms with E-state index >= 15 is 0 Å². The predicted molar refractivity (Wildman–Crippen MR) is 48.5 cm³/mol. The summed E-state index contributed by atoms with van der Waals surface area (Å²) in [4.78, 5) is 14.0. The van der Waals surface area contributed by atoms with Gasteiger partial charge in [0.25, 0.3) is 5.95 Å². The van der Waals surface area contributed by atoms with Crippen molar-refractivity contribution < 1.29 is 18.7 Å². The summed E-state index contributed by atoms with van der Waals surface area (Å²) in [5.74, 6) is -0.0157. The van der Waals surface area contributed by atoms with Gasteiger partial charge in [-0.2, -0.15) is 0 Å². The molecule has 0 amide bonds. The number of ether oxygens (including phenoxy) is 2. The molecule has 0 saturated heterocycles. The molecule has 0 aromatic carbocycles. The Morgan fingerprint density at radius 1 is 1.43 bits per heavy atom. The zero-order valence-electron chi connectivity index (χ0n) is 7.79. The average molecular weight is 195 g/mol. The van der Waals surface area contributed by atoms with Crippen LogP contribution in [-0.2, 0) is 4.74 Å². The van der Waals surface area contributed by atoms with Crippen LogP contribution in [0.15, 0.2) is 16.5 Å². The van der Waals surface area contributed by atoms with E-state index in [1.807, 2.05) is 0 Å². The lowest BCUT2D eigenvalue weighted by Crippen LogP contribution is -2.00. The Balaban J connectivity index is 2.44. The van der Waals surface area contributed by atoms with Crippen LogP contribution in [0.3, 0.4) is 0 Å². The van der Waals surface area contributed by atoms with Gasteiger partial charge in [0.2, 0.25) is 0 Å². The van der Waals surface area contributed by atoms with Crippen LogP contribution in [0.2, 0.25) is 0 Å². The van der Waals surface area contributed by atoms with Crippen LogP contribution in [0.5, 0.6) is 5.95 Å². The number of carbonyl (C=O) groups excluding carboxylic acids is 1. The smallest absolute Gasteiger partial charge is 0.354 e. The van der Waals surface area contributed by atoms with E-state index in [4.69, 9.17) is 9.15 Å². The Hall–Kier alpha value is -1.91. The van der Waals surface area contributed by atoms with Gasteiger partial charge >= 0.3 is 5.97 Å². The van der Waals surface area contributed by atoms with Crippen molar-refractivity contribution in [2.45, 2.75) is 0 Å². The van der Waals surface area contributed by atoms with Gasteiger partial charge in [0, 0.05) is 12.1 Å². The first-order valence-electron chi connectivity index (χ1n) is 3.99. The lowest BCUT2D eigenvalue weighted by Gasteiger charge is -1.92. The minimum atomic E-state index is -0.421. The number of aromatic nitrogens is 1. The molecule has 2 heterocycles. The number of methoxy groups -OCH3 is 2. The SMILES string of the molecule is COC(=O)c1cc2oc(OC)cc2[nH]1. The quantitative estimate of drug-likeness (QED) is 0.738. The fourth-order valence-corrected chi connectivity index (χ4v) is 1.22. The van der Waals surface area contributed by atoms with Gasteiger partial charge in [0.15, 0.2) is 5.58 Å². The van der Waals surface area contributed by atoms with E-state index < -0.39 is 5.97 Å². The molecular formula is C9H9NO4. The van der Waals surface area contributed by atoms with E-state index in [1.54, 1.807) is 12.1 Å². The van der Waals surface area contributed by atoms with Crippen LogP contribution in [0.25, 0.3) is 11.1 Å². The van der Waals surface area contributed by atoms with Crippen LogP contribution in [0, 0.1) is 0 Å². The molecule has 0 atom stereocenters. The summed E-state index contributed by atoms with van der Waals surface area (Å²) >= 11 is 0. The summed E-state index contributed by atoms with van der Waals surface area (Å²) in [7, 11) is 2.84. The highest BCUT2D eigenvalue weighted by atomic mass is 16.6. The van der Waals surface area contributed by atoms with Crippen LogP contribution in [0.4, 0.5) is 0 Å². The molecule has 5 heteroatoms. The van der Waals surface area contributed by atoms with Gasteiger partial charge in [-0.1, -0.05) is 0 Å². The first-order valence-corrected chi connectivity index (χ1v) is 3.99. The Bertz CT molecular complexity index is 437. The lowest BCUT2D eigenvalue weighted by atomic mass is 10.4. The monoisotopic (exact) mass is 195 g/mol.